The van der Waals surface area contributed by atoms with Gasteiger partial charge in [-0.1, -0.05) is 31.2 Å². The van der Waals surface area contributed by atoms with Crippen molar-refractivity contribution < 1.29 is 9.59 Å². The summed E-state index contributed by atoms with van der Waals surface area (Å²) in [6.45, 7) is 5.69. The van der Waals surface area contributed by atoms with E-state index in [4.69, 9.17) is 0 Å². The number of hydrogen-bond donors (Lipinski definition) is 1. The van der Waals surface area contributed by atoms with E-state index in [-0.39, 0.29) is 11.1 Å². The van der Waals surface area contributed by atoms with Crippen molar-refractivity contribution in [1.82, 2.24) is 24.8 Å². The average Bonchev–Trinajstić information content (AvgIpc) is 3.36. The van der Waals surface area contributed by atoms with E-state index in [0.717, 1.165) is 35.2 Å². The summed E-state index contributed by atoms with van der Waals surface area (Å²) in [6, 6.07) is 12.4. The summed E-state index contributed by atoms with van der Waals surface area (Å²) in [5.74, 6) is 0.233. The Balaban J connectivity index is 1.41. The number of likely N-dealkylation sites (tertiary alicyclic amines) is 1. The molecular weight excluding hydrogens is 410 g/mol. The number of fused-ring (bicyclic) bond motifs is 1. The van der Waals surface area contributed by atoms with Crippen LogP contribution in [0, 0.1) is 0 Å². The molecule has 0 unspecified atom stereocenters. The van der Waals surface area contributed by atoms with Crippen LogP contribution < -0.4 is 5.32 Å². The highest BCUT2D eigenvalue weighted by Crippen LogP contribution is 2.30. The summed E-state index contributed by atoms with van der Waals surface area (Å²) in [5.41, 5.74) is 4.65. The van der Waals surface area contributed by atoms with Crippen molar-refractivity contribution in [3.8, 4) is 11.3 Å². The lowest BCUT2D eigenvalue weighted by molar-refractivity contribution is -0.115. The Morgan fingerprint density at radius 1 is 1.13 bits per heavy atom. The molecule has 7 nitrogen and oxygen atoms in total. The van der Waals surface area contributed by atoms with Crippen molar-refractivity contribution in [3.63, 3.8) is 0 Å². The van der Waals surface area contributed by atoms with Crippen molar-refractivity contribution in [2.24, 2.45) is 0 Å². The lowest BCUT2D eigenvalue weighted by atomic mass is 9.89. The van der Waals surface area contributed by atoms with Crippen LogP contribution in [0.25, 0.3) is 23.0 Å². The Morgan fingerprint density at radius 2 is 1.90 bits per heavy atom. The minimum Gasteiger partial charge on any atom is -0.304 e. The Morgan fingerprint density at radius 3 is 2.58 bits per heavy atom. The van der Waals surface area contributed by atoms with Gasteiger partial charge in [0.2, 0.25) is 0 Å². The molecule has 4 heterocycles. The molecule has 8 heteroatoms. The van der Waals surface area contributed by atoms with E-state index < -0.39 is 0 Å². The lowest BCUT2D eigenvalue weighted by Crippen LogP contribution is -2.32. The number of benzene rings is 1. The monoisotopic (exact) mass is 433 g/mol. The molecule has 158 valence electrons. The third kappa shape index (κ3) is 4.00. The lowest BCUT2D eigenvalue weighted by Gasteiger charge is -2.31. The van der Waals surface area contributed by atoms with Gasteiger partial charge >= 0.3 is 0 Å². The van der Waals surface area contributed by atoms with Crippen LogP contribution in [0.4, 0.5) is 4.79 Å². The van der Waals surface area contributed by atoms with Gasteiger partial charge in [0.25, 0.3) is 11.1 Å². The number of carbonyl (C=O) groups excluding carboxylic acids is 2. The van der Waals surface area contributed by atoms with E-state index in [9.17, 15) is 9.59 Å². The van der Waals surface area contributed by atoms with Crippen LogP contribution in [-0.2, 0) is 4.79 Å². The normalized spacial score (nSPS) is 19.5. The highest BCUT2D eigenvalue weighted by molar-refractivity contribution is 8.18. The zero-order valence-electron chi connectivity index (χ0n) is 17.2. The molecule has 1 N–H and O–H groups in total. The molecule has 31 heavy (non-hydrogen) atoms. The summed E-state index contributed by atoms with van der Waals surface area (Å²) in [5, 5.41) is 6.53. The van der Waals surface area contributed by atoms with Crippen molar-refractivity contribution >= 4 is 34.6 Å². The maximum atomic E-state index is 11.8. The van der Waals surface area contributed by atoms with Gasteiger partial charge in [0.15, 0.2) is 5.65 Å². The molecule has 2 aliphatic heterocycles. The first kappa shape index (κ1) is 20.0. The van der Waals surface area contributed by atoms with Crippen molar-refractivity contribution in [2.45, 2.75) is 25.7 Å². The maximum Gasteiger partial charge on any atom is 0.290 e. The summed E-state index contributed by atoms with van der Waals surface area (Å²) in [4.78, 5) is 30.5. The summed E-state index contributed by atoms with van der Waals surface area (Å²) < 4.78 is 1.78. The first-order valence-corrected chi connectivity index (χ1v) is 11.3. The van der Waals surface area contributed by atoms with Crippen LogP contribution in [0.1, 0.15) is 36.9 Å². The zero-order valence-corrected chi connectivity index (χ0v) is 18.1. The number of carbonyl (C=O) groups is 2. The summed E-state index contributed by atoms with van der Waals surface area (Å²) in [6.07, 6.45) is 5.85. The standard InChI is InChI=1S/C23H23N5O2S/c1-2-27-11-9-16(10-12-27)15-3-5-17(6-4-15)19-14-24-21-8-7-18(26-28(19)21)13-20-22(29)25-23(30)31-20/h3-8,13-14,16H,2,9-12H2,1H3,(H,25,29,30). The molecule has 3 aromatic rings. The predicted molar refractivity (Wildman–Crippen MR) is 122 cm³/mol. The third-order valence-electron chi connectivity index (χ3n) is 6.02. The van der Waals surface area contributed by atoms with Gasteiger partial charge in [-0.05, 0) is 73.9 Å². The van der Waals surface area contributed by atoms with E-state index >= 15 is 0 Å². The third-order valence-corrected chi connectivity index (χ3v) is 6.83. The molecule has 2 amide bonds. The summed E-state index contributed by atoms with van der Waals surface area (Å²) in [7, 11) is 0. The highest BCUT2D eigenvalue weighted by Gasteiger charge is 2.25. The molecule has 2 fully saturated rings. The van der Waals surface area contributed by atoms with Crippen LogP contribution in [0.2, 0.25) is 0 Å². The number of thioether (sulfide) groups is 1. The van der Waals surface area contributed by atoms with Gasteiger partial charge in [0.05, 0.1) is 22.5 Å². The largest absolute Gasteiger partial charge is 0.304 e. The molecule has 0 radical (unpaired) electrons. The molecule has 2 aromatic heterocycles. The smallest absolute Gasteiger partial charge is 0.290 e. The van der Waals surface area contributed by atoms with E-state index in [1.807, 2.05) is 12.3 Å². The number of piperidine rings is 1. The minimum absolute atomic E-state index is 0.344. The second-order valence-corrected chi connectivity index (χ2v) is 8.87. The van der Waals surface area contributed by atoms with Gasteiger partial charge in [-0.2, -0.15) is 5.10 Å². The van der Waals surface area contributed by atoms with Gasteiger partial charge in [-0.3, -0.25) is 14.9 Å². The van der Waals surface area contributed by atoms with Crippen molar-refractivity contribution in [1.29, 1.82) is 0 Å². The highest BCUT2D eigenvalue weighted by atomic mass is 32.2. The average molecular weight is 434 g/mol. The number of rotatable bonds is 4. The minimum atomic E-state index is -0.386. The number of hydrogen-bond acceptors (Lipinski definition) is 6. The molecule has 1 aromatic carbocycles. The first-order valence-electron chi connectivity index (χ1n) is 10.5. The SMILES string of the molecule is CCN1CCC(c2ccc(-c3cnc4ccc(C=C5SC(=O)NC5=O)nn34)cc2)CC1. The molecule has 0 atom stereocenters. The van der Waals surface area contributed by atoms with Gasteiger partial charge in [-0.25, -0.2) is 9.50 Å². The molecule has 2 saturated heterocycles. The molecule has 0 saturated carbocycles. The topological polar surface area (TPSA) is 79.6 Å². The van der Waals surface area contributed by atoms with Gasteiger partial charge in [-0.15, -0.1) is 0 Å². The zero-order chi connectivity index (χ0) is 21.4. The Bertz CT molecular complexity index is 1180. The van der Waals surface area contributed by atoms with Crippen molar-refractivity contribution in [3.05, 3.63) is 58.8 Å². The first-order chi connectivity index (χ1) is 15.1. The molecule has 0 spiro atoms. The quantitative estimate of drug-likeness (QED) is 0.628. The Labute approximate surface area is 184 Å². The Kier molecular flexibility index (Phi) is 5.33. The molecule has 2 aliphatic rings. The predicted octanol–water partition coefficient (Wildman–Crippen LogP) is 3.92. The fourth-order valence-corrected chi connectivity index (χ4v) is 4.89. The van der Waals surface area contributed by atoms with Gasteiger partial charge in [0.1, 0.15) is 0 Å². The number of imidazole rings is 1. The number of amides is 2. The fourth-order valence-electron chi connectivity index (χ4n) is 4.23. The Hall–Kier alpha value is -2.97. The van der Waals surface area contributed by atoms with Crippen LogP contribution in [0.15, 0.2) is 47.5 Å². The number of imide groups is 1. The molecular formula is C23H23N5O2S. The van der Waals surface area contributed by atoms with E-state index in [1.165, 1.54) is 31.5 Å². The summed E-state index contributed by atoms with van der Waals surface area (Å²) >= 11 is 0.887. The maximum absolute atomic E-state index is 11.8. The second kappa shape index (κ2) is 8.28. The second-order valence-electron chi connectivity index (χ2n) is 7.85. The van der Waals surface area contributed by atoms with Crippen LogP contribution in [0.3, 0.4) is 0 Å². The molecule has 5 rings (SSSR count). The number of nitrogens with zero attached hydrogens (tertiary/aromatic N) is 4. The van der Waals surface area contributed by atoms with E-state index in [0.29, 0.717) is 16.5 Å². The van der Waals surface area contributed by atoms with E-state index in [1.54, 1.807) is 16.7 Å². The van der Waals surface area contributed by atoms with Crippen molar-refractivity contribution in [2.75, 3.05) is 19.6 Å². The van der Waals surface area contributed by atoms with Crippen LogP contribution in [0.5, 0.6) is 0 Å². The van der Waals surface area contributed by atoms with Gasteiger partial charge < -0.3 is 4.90 Å². The van der Waals surface area contributed by atoms with E-state index in [2.05, 4.69) is 51.5 Å². The van der Waals surface area contributed by atoms with Crippen LogP contribution in [-0.4, -0.2) is 50.3 Å². The van der Waals surface area contributed by atoms with Gasteiger partial charge in [0, 0.05) is 5.56 Å². The molecule has 0 aliphatic carbocycles. The molecule has 0 bridgehead atoms. The number of nitrogens with one attached hydrogen (secondary N) is 1. The van der Waals surface area contributed by atoms with Crippen LogP contribution >= 0.6 is 11.8 Å². The number of aromatic nitrogens is 3. The fraction of sp³-hybridized carbons (Fsp3) is 0.304.